The Morgan fingerprint density at radius 3 is 2.88 bits per heavy atom. The lowest BCUT2D eigenvalue weighted by Crippen LogP contribution is -2.40. The van der Waals surface area contributed by atoms with E-state index in [9.17, 15) is 4.79 Å². The number of carbonyl (C=O) groups is 1. The lowest BCUT2D eigenvalue weighted by molar-refractivity contribution is 0.0640. The number of aromatic nitrogens is 4. The molecular weight excluding hydrogens is 328 g/mol. The van der Waals surface area contributed by atoms with Crippen molar-refractivity contribution in [2.75, 3.05) is 13.1 Å². The van der Waals surface area contributed by atoms with E-state index < -0.39 is 0 Å². The first-order valence-electron chi connectivity index (χ1n) is 9.01. The molecule has 1 aliphatic heterocycles. The van der Waals surface area contributed by atoms with Crippen molar-refractivity contribution in [2.45, 2.75) is 31.8 Å². The second-order valence-electron chi connectivity index (χ2n) is 6.63. The van der Waals surface area contributed by atoms with E-state index in [4.69, 9.17) is 0 Å². The zero-order valence-electron chi connectivity index (χ0n) is 14.6. The summed E-state index contributed by atoms with van der Waals surface area (Å²) in [6, 6.07) is 7.91. The van der Waals surface area contributed by atoms with Gasteiger partial charge in [0.25, 0.3) is 5.91 Å². The van der Waals surface area contributed by atoms with Crippen LogP contribution >= 0.6 is 0 Å². The number of nitrogens with one attached hydrogen (secondary N) is 2. The van der Waals surface area contributed by atoms with Gasteiger partial charge in [-0.1, -0.05) is 18.2 Å². The molecule has 1 aliphatic rings. The maximum Gasteiger partial charge on any atom is 0.275 e. The summed E-state index contributed by atoms with van der Waals surface area (Å²) in [4.78, 5) is 23.5. The minimum Gasteiger partial charge on any atom is -0.330 e. The van der Waals surface area contributed by atoms with Crippen molar-refractivity contribution in [3.05, 3.63) is 54.2 Å². The Morgan fingerprint density at radius 2 is 2.00 bits per heavy atom. The van der Waals surface area contributed by atoms with E-state index in [1.54, 1.807) is 12.4 Å². The minimum absolute atomic E-state index is 0.0433. The molecule has 0 bridgehead atoms. The van der Waals surface area contributed by atoms with Crippen molar-refractivity contribution in [2.24, 2.45) is 0 Å². The van der Waals surface area contributed by atoms with Gasteiger partial charge in [-0.15, -0.1) is 0 Å². The van der Waals surface area contributed by atoms with E-state index in [0.29, 0.717) is 12.2 Å². The summed E-state index contributed by atoms with van der Waals surface area (Å²) in [5.74, 6) is -0.0433. The van der Waals surface area contributed by atoms with E-state index in [1.165, 1.54) is 6.33 Å². The molecule has 0 aliphatic carbocycles. The predicted octanol–water partition coefficient (Wildman–Crippen LogP) is 2.14. The molecule has 2 aromatic heterocycles. The number of nitrogens with zero attached hydrogens (tertiary/aromatic N) is 4. The Kier molecular flexibility index (Phi) is 4.88. The van der Waals surface area contributed by atoms with E-state index in [-0.39, 0.29) is 11.9 Å². The third kappa shape index (κ3) is 3.43. The first kappa shape index (κ1) is 16.7. The summed E-state index contributed by atoms with van der Waals surface area (Å²) in [7, 11) is 0. The second-order valence-corrected chi connectivity index (χ2v) is 6.63. The summed E-state index contributed by atoms with van der Waals surface area (Å²) in [5, 5.41) is 11.6. The van der Waals surface area contributed by atoms with Crippen LogP contribution in [-0.2, 0) is 6.54 Å². The summed E-state index contributed by atoms with van der Waals surface area (Å²) >= 11 is 0. The van der Waals surface area contributed by atoms with Crippen molar-refractivity contribution in [3.63, 3.8) is 0 Å². The van der Waals surface area contributed by atoms with Crippen molar-refractivity contribution < 1.29 is 4.79 Å². The minimum atomic E-state index is -0.0433. The highest BCUT2D eigenvalue weighted by Crippen LogP contribution is 2.22. The fourth-order valence-corrected chi connectivity index (χ4v) is 3.55. The number of amides is 1. The largest absolute Gasteiger partial charge is 0.330 e. The first-order chi connectivity index (χ1) is 12.8. The van der Waals surface area contributed by atoms with Crippen molar-refractivity contribution in [3.8, 4) is 0 Å². The molecule has 26 heavy (non-hydrogen) atoms. The molecule has 4 rings (SSSR count). The quantitative estimate of drug-likeness (QED) is 0.753. The highest BCUT2D eigenvalue weighted by molar-refractivity contribution is 6.04. The van der Waals surface area contributed by atoms with Gasteiger partial charge >= 0.3 is 0 Å². The molecule has 134 valence electrons. The third-order valence-corrected chi connectivity index (χ3v) is 4.89. The fourth-order valence-electron chi connectivity index (χ4n) is 3.55. The summed E-state index contributed by atoms with van der Waals surface area (Å²) in [6.45, 7) is 2.41. The topological polar surface area (TPSA) is 86.8 Å². The Balaban J connectivity index is 1.67. The standard InChI is InChI=1S/C19H22N6O/c26-19(18-16-5-1-2-6-17(16)23-24-18)25(12-14-10-21-13-22-11-14)15-4-3-8-20-9-7-15/h1-2,5-6,10-11,13,15,20H,3-4,7-9,12H2,(H,23,24)/t15-/m0/s1. The molecule has 1 fully saturated rings. The monoisotopic (exact) mass is 350 g/mol. The maximum atomic E-state index is 13.4. The van der Waals surface area contributed by atoms with Gasteiger partial charge in [-0.3, -0.25) is 9.89 Å². The van der Waals surface area contributed by atoms with Gasteiger partial charge in [0.1, 0.15) is 6.33 Å². The predicted molar refractivity (Wildman–Crippen MR) is 98.5 cm³/mol. The molecule has 0 spiro atoms. The van der Waals surface area contributed by atoms with Crippen LogP contribution in [0.25, 0.3) is 10.9 Å². The Bertz CT molecular complexity index is 870. The van der Waals surface area contributed by atoms with E-state index in [0.717, 1.165) is 48.8 Å². The van der Waals surface area contributed by atoms with Gasteiger partial charge in [-0.25, -0.2) is 9.97 Å². The van der Waals surface area contributed by atoms with Crippen LogP contribution < -0.4 is 5.32 Å². The number of fused-ring (bicyclic) bond motifs is 1. The van der Waals surface area contributed by atoms with Gasteiger partial charge in [-0.2, -0.15) is 5.10 Å². The zero-order valence-corrected chi connectivity index (χ0v) is 14.6. The van der Waals surface area contributed by atoms with Crippen molar-refractivity contribution >= 4 is 16.8 Å². The Morgan fingerprint density at radius 1 is 1.15 bits per heavy atom. The molecule has 2 N–H and O–H groups in total. The molecule has 1 atom stereocenters. The zero-order chi connectivity index (χ0) is 17.8. The van der Waals surface area contributed by atoms with Gasteiger partial charge in [0.05, 0.1) is 5.52 Å². The van der Waals surface area contributed by atoms with E-state index in [1.807, 2.05) is 29.2 Å². The van der Waals surface area contributed by atoms with Crippen LogP contribution in [0.4, 0.5) is 0 Å². The average molecular weight is 350 g/mol. The smallest absolute Gasteiger partial charge is 0.275 e. The molecule has 7 nitrogen and oxygen atoms in total. The number of aromatic amines is 1. The van der Waals surface area contributed by atoms with Gasteiger partial charge in [0, 0.05) is 35.9 Å². The van der Waals surface area contributed by atoms with Crippen LogP contribution in [0.15, 0.2) is 43.0 Å². The van der Waals surface area contributed by atoms with Gasteiger partial charge in [0.15, 0.2) is 5.69 Å². The van der Waals surface area contributed by atoms with Crippen LogP contribution in [-0.4, -0.2) is 50.1 Å². The van der Waals surface area contributed by atoms with Crippen LogP contribution in [0.3, 0.4) is 0 Å². The molecule has 0 unspecified atom stereocenters. The number of H-pyrrole nitrogens is 1. The van der Waals surface area contributed by atoms with Crippen LogP contribution in [0, 0.1) is 0 Å². The Hall–Kier alpha value is -2.80. The van der Waals surface area contributed by atoms with Crippen LogP contribution in [0.5, 0.6) is 0 Å². The number of benzene rings is 1. The molecule has 1 saturated heterocycles. The summed E-state index contributed by atoms with van der Waals surface area (Å²) in [5.41, 5.74) is 2.29. The van der Waals surface area contributed by atoms with E-state index in [2.05, 4.69) is 25.5 Å². The summed E-state index contributed by atoms with van der Waals surface area (Å²) < 4.78 is 0. The van der Waals surface area contributed by atoms with Crippen molar-refractivity contribution in [1.29, 1.82) is 0 Å². The third-order valence-electron chi connectivity index (χ3n) is 4.89. The number of para-hydroxylation sites is 1. The van der Waals surface area contributed by atoms with Gasteiger partial charge < -0.3 is 10.2 Å². The average Bonchev–Trinajstić information content (AvgIpc) is 2.93. The molecule has 1 aromatic carbocycles. The highest BCUT2D eigenvalue weighted by atomic mass is 16.2. The number of carbonyl (C=O) groups excluding carboxylic acids is 1. The molecule has 0 radical (unpaired) electrons. The summed E-state index contributed by atoms with van der Waals surface area (Å²) in [6.07, 6.45) is 8.01. The van der Waals surface area contributed by atoms with Crippen LogP contribution in [0.1, 0.15) is 35.3 Å². The lowest BCUT2D eigenvalue weighted by Gasteiger charge is -2.30. The molecule has 3 aromatic rings. The number of hydrogen-bond donors (Lipinski definition) is 2. The highest BCUT2D eigenvalue weighted by Gasteiger charge is 2.28. The molecule has 7 heteroatoms. The normalized spacial score (nSPS) is 17.8. The molecule has 0 saturated carbocycles. The van der Waals surface area contributed by atoms with Crippen molar-refractivity contribution in [1.82, 2.24) is 30.4 Å². The maximum absolute atomic E-state index is 13.4. The lowest BCUT2D eigenvalue weighted by atomic mass is 10.1. The molecule has 3 heterocycles. The van der Waals surface area contributed by atoms with Gasteiger partial charge in [-0.05, 0) is 38.4 Å². The molecular formula is C19H22N6O. The Labute approximate surface area is 151 Å². The first-order valence-corrected chi connectivity index (χ1v) is 9.01. The fraction of sp³-hybridized carbons (Fsp3) is 0.368. The number of hydrogen-bond acceptors (Lipinski definition) is 5. The molecule has 1 amide bonds. The van der Waals surface area contributed by atoms with Gasteiger partial charge in [0.2, 0.25) is 0 Å². The van der Waals surface area contributed by atoms with E-state index >= 15 is 0 Å². The number of rotatable bonds is 4. The van der Waals surface area contributed by atoms with Crippen LogP contribution in [0.2, 0.25) is 0 Å². The SMILES string of the molecule is O=C(c1n[nH]c2ccccc12)N(Cc1cncnc1)[C@H]1CCCNCC1. The second kappa shape index (κ2) is 7.61.